The number of hydrogen-bond donors (Lipinski definition) is 0. The largest absolute Gasteiger partial charge is 0.381 e. The number of aromatic nitrogens is 1. The van der Waals surface area contributed by atoms with E-state index in [2.05, 4.69) is 21.7 Å². The number of amides is 1. The van der Waals surface area contributed by atoms with Crippen molar-refractivity contribution in [2.45, 2.75) is 25.3 Å². The Morgan fingerprint density at radius 2 is 1.92 bits per heavy atom. The zero-order valence-electron chi connectivity index (χ0n) is 15.7. The van der Waals surface area contributed by atoms with Gasteiger partial charge in [-0.1, -0.05) is 0 Å². The van der Waals surface area contributed by atoms with Gasteiger partial charge in [-0.25, -0.2) is 0 Å². The molecule has 0 atom stereocenters. The van der Waals surface area contributed by atoms with Gasteiger partial charge in [-0.05, 0) is 45.0 Å². The Hall–Kier alpha value is -1.37. The third-order valence-electron chi connectivity index (χ3n) is 5.52. The summed E-state index contributed by atoms with van der Waals surface area (Å²) in [7, 11) is 4.13. The maximum absolute atomic E-state index is 13.1. The number of rotatable bonds is 6. The molecule has 6 heteroatoms. The van der Waals surface area contributed by atoms with Crippen LogP contribution in [-0.2, 0) is 11.8 Å². The van der Waals surface area contributed by atoms with E-state index in [1.54, 1.807) is 0 Å². The molecule has 3 rings (SSSR count). The number of nitrogens with zero attached hydrogens (tertiary/aromatic N) is 4. The van der Waals surface area contributed by atoms with Crippen LogP contribution in [0.25, 0.3) is 0 Å². The molecule has 0 saturated carbocycles. The summed E-state index contributed by atoms with van der Waals surface area (Å²) in [6.07, 6.45) is 4.88. The fraction of sp³-hybridized carbons (Fsp3) is 0.737. The van der Waals surface area contributed by atoms with Crippen LogP contribution in [0.1, 0.15) is 29.8 Å². The van der Waals surface area contributed by atoms with Crippen LogP contribution < -0.4 is 0 Å². The molecule has 2 fully saturated rings. The van der Waals surface area contributed by atoms with Crippen LogP contribution in [0.15, 0.2) is 18.3 Å². The lowest BCUT2D eigenvalue weighted by Crippen LogP contribution is -2.47. The molecule has 1 amide bonds. The lowest BCUT2D eigenvalue weighted by atomic mass is 10.1. The van der Waals surface area contributed by atoms with Gasteiger partial charge in [0.2, 0.25) is 0 Å². The van der Waals surface area contributed by atoms with Crippen LogP contribution in [0.5, 0.6) is 0 Å². The van der Waals surface area contributed by atoms with Crippen molar-refractivity contribution < 1.29 is 9.53 Å². The first-order chi connectivity index (χ1) is 12.1. The van der Waals surface area contributed by atoms with Gasteiger partial charge in [-0.2, -0.15) is 0 Å². The minimum atomic E-state index is 0.165. The molecule has 6 nitrogen and oxygen atoms in total. The lowest BCUT2D eigenvalue weighted by Gasteiger charge is -2.36. The van der Waals surface area contributed by atoms with E-state index in [1.165, 1.54) is 0 Å². The lowest BCUT2D eigenvalue weighted by molar-refractivity contribution is 0.0271. The van der Waals surface area contributed by atoms with Crippen molar-refractivity contribution in [1.29, 1.82) is 0 Å². The van der Waals surface area contributed by atoms with Crippen molar-refractivity contribution in [3.8, 4) is 0 Å². The molecule has 25 heavy (non-hydrogen) atoms. The van der Waals surface area contributed by atoms with E-state index >= 15 is 0 Å². The molecule has 0 radical (unpaired) electrons. The predicted octanol–water partition coefficient (Wildman–Crippen LogP) is 1.28. The first-order valence-corrected chi connectivity index (χ1v) is 9.56. The number of ether oxygens (including phenoxy) is 1. The zero-order valence-corrected chi connectivity index (χ0v) is 15.7. The average Bonchev–Trinajstić information content (AvgIpc) is 3.06. The molecule has 1 aromatic heterocycles. The van der Waals surface area contributed by atoms with E-state index in [-0.39, 0.29) is 5.91 Å². The summed E-state index contributed by atoms with van der Waals surface area (Å²) in [6.45, 7) is 8.01. The van der Waals surface area contributed by atoms with Crippen molar-refractivity contribution in [1.82, 2.24) is 19.3 Å². The molecule has 140 valence electrons. The minimum Gasteiger partial charge on any atom is -0.381 e. The summed E-state index contributed by atoms with van der Waals surface area (Å²) >= 11 is 0. The second-order valence-electron chi connectivity index (χ2n) is 7.34. The molecule has 2 aliphatic heterocycles. The van der Waals surface area contributed by atoms with E-state index in [0.717, 1.165) is 77.4 Å². The summed E-state index contributed by atoms with van der Waals surface area (Å²) in [5.74, 6) is 0.165. The Kier molecular flexibility index (Phi) is 6.51. The van der Waals surface area contributed by atoms with Crippen LogP contribution in [0.3, 0.4) is 0 Å². The predicted molar refractivity (Wildman–Crippen MR) is 98.8 cm³/mol. The number of likely N-dealkylation sites (N-methyl/N-ethyl adjacent to an activating group) is 1. The minimum absolute atomic E-state index is 0.165. The first-order valence-electron chi connectivity index (χ1n) is 9.56. The topological polar surface area (TPSA) is 41.0 Å². The van der Waals surface area contributed by atoms with Gasteiger partial charge < -0.3 is 24.0 Å². The number of carbonyl (C=O) groups is 1. The smallest absolute Gasteiger partial charge is 0.270 e. The van der Waals surface area contributed by atoms with Gasteiger partial charge in [0.15, 0.2) is 0 Å². The highest BCUT2D eigenvalue weighted by Crippen LogP contribution is 2.18. The molecular formula is C19H32N4O2. The molecule has 0 aromatic carbocycles. The van der Waals surface area contributed by atoms with E-state index < -0.39 is 0 Å². The van der Waals surface area contributed by atoms with Gasteiger partial charge in [-0.3, -0.25) is 4.79 Å². The second kappa shape index (κ2) is 8.83. The maximum atomic E-state index is 13.1. The number of aryl methyl sites for hydroxylation is 1. The fourth-order valence-electron chi connectivity index (χ4n) is 3.81. The third-order valence-corrected chi connectivity index (χ3v) is 5.52. The highest BCUT2D eigenvalue weighted by molar-refractivity contribution is 5.93. The monoisotopic (exact) mass is 348 g/mol. The van der Waals surface area contributed by atoms with E-state index in [4.69, 9.17) is 4.74 Å². The molecule has 3 heterocycles. The van der Waals surface area contributed by atoms with Crippen molar-refractivity contribution in [3.63, 3.8) is 0 Å². The van der Waals surface area contributed by atoms with E-state index in [0.29, 0.717) is 6.04 Å². The Balaban J connectivity index is 1.58. The molecule has 1 aromatic rings. The first kappa shape index (κ1) is 18.4. The van der Waals surface area contributed by atoms with Gasteiger partial charge in [-0.15, -0.1) is 0 Å². The number of piperazine rings is 1. The maximum Gasteiger partial charge on any atom is 0.270 e. The molecule has 0 N–H and O–H groups in total. The van der Waals surface area contributed by atoms with Gasteiger partial charge in [0, 0.05) is 65.2 Å². The standard InChI is InChI=1S/C19H32N4O2/c1-20-11-13-22(14-12-20)9-4-10-23(17-6-15-25-16-7-17)19(24)18-5-3-8-21(18)2/h3,5,8,17H,4,6-7,9-16H2,1-2H3. The van der Waals surface area contributed by atoms with Gasteiger partial charge in [0.1, 0.15) is 5.69 Å². The molecular weight excluding hydrogens is 316 g/mol. The summed E-state index contributed by atoms with van der Waals surface area (Å²) in [6, 6.07) is 4.18. The van der Waals surface area contributed by atoms with Crippen molar-refractivity contribution >= 4 is 5.91 Å². The second-order valence-corrected chi connectivity index (χ2v) is 7.34. The normalized spacial score (nSPS) is 20.7. The van der Waals surface area contributed by atoms with Crippen LogP contribution in [0.4, 0.5) is 0 Å². The molecule has 2 aliphatic rings. The summed E-state index contributed by atoms with van der Waals surface area (Å²) in [5.41, 5.74) is 0.783. The number of hydrogen-bond acceptors (Lipinski definition) is 4. The molecule has 0 unspecified atom stereocenters. The van der Waals surface area contributed by atoms with Crippen LogP contribution in [0.2, 0.25) is 0 Å². The Labute approximate surface area is 151 Å². The quantitative estimate of drug-likeness (QED) is 0.777. The number of carbonyl (C=O) groups excluding carboxylic acids is 1. The third kappa shape index (κ3) is 4.84. The Bertz CT molecular complexity index is 545. The van der Waals surface area contributed by atoms with Crippen molar-refractivity contribution in [2.75, 3.05) is 59.5 Å². The van der Waals surface area contributed by atoms with Crippen LogP contribution in [0, 0.1) is 0 Å². The zero-order chi connectivity index (χ0) is 17.6. The molecule has 0 bridgehead atoms. The highest BCUT2D eigenvalue weighted by atomic mass is 16.5. The summed E-state index contributed by atoms with van der Waals surface area (Å²) < 4.78 is 7.42. The van der Waals surface area contributed by atoms with Gasteiger partial charge in [0.05, 0.1) is 0 Å². The Morgan fingerprint density at radius 3 is 2.56 bits per heavy atom. The van der Waals surface area contributed by atoms with Crippen molar-refractivity contribution in [3.05, 3.63) is 24.0 Å². The molecule has 2 saturated heterocycles. The fourth-order valence-corrected chi connectivity index (χ4v) is 3.81. The summed E-state index contributed by atoms with van der Waals surface area (Å²) in [4.78, 5) is 20.1. The molecule has 0 aliphatic carbocycles. The van der Waals surface area contributed by atoms with Gasteiger partial charge in [0.25, 0.3) is 5.91 Å². The highest BCUT2D eigenvalue weighted by Gasteiger charge is 2.27. The average molecular weight is 348 g/mol. The van der Waals surface area contributed by atoms with E-state index in [9.17, 15) is 4.79 Å². The Morgan fingerprint density at radius 1 is 1.20 bits per heavy atom. The summed E-state index contributed by atoms with van der Waals surface area (Å²) in [5, 5.41) is 0. The van der Waals surface area contributed by atoms with Crippen LogP contribution in [-0.4, -0.2) is 90.7 Å². The van der Waals surface area contributed by atoms with Crippen molar-refractivity contribution in [2.24, 2.45) is 7.05 Å². The van der Waals surface area contributed by atoms with Crippen LogP contribution >= 0.6 is 0 Å². The SMILES string of the molecule is CN1CCN(CCCN(C(=O)c2cccn2C)C2CCOCC2)CC1. The van der Waals surface area contributed by atoms with E-state index in [1.807, 2.05) is 29.9 Å². The molecule has 0 spiro atoms. The van der Waals surface area contributed by atoms with Gasteiger partial charge >= 0.3 is 0 Å².